The molecule has 0 saturated carbocycles. The molecule has 0 amide bonds. The number of hydrogen-bond donors (Lipinski definition) is 1. The van der Waals surface area contributed by atoms with Gasteiger partial charge in [0.1, 0.15) is 6.07 Å². The van der Waals surface area contributed by atoms with Crippen LogP contribution in [0.3, 0.4) is 0 Å². The van der Waals surface area contributed by atoms with Gasteiger partial charge in [0.25, 0.3) is 0 Å². The molecule has 5 heteroatoms. The van der Waals surface area contributed by atoms with Crippen LogP contribution in [-0.4, -0.2) is 19.1 Å². The summed E-state index contributed by atoms with van der Waals surface area (Å²) in [5, 5.41) is 12.4. The van der Waals surface area contributed by atoms with Crippen molar-refractivity contribution in [2.45, 2.75) is 13.3 Å². The number of benzene rings is 1. The molecule has 0 atom stereocenters. The maximum absolute atomic E-state index is 11.3. The first-order valence-corrected chi connectivity index (χ1v) is 6.30. The number of carbonyl (C=O) groups excluding carboxylic acids is 1. The number of halogens is 1. The van der Waals surface area contributed by atoms with E-state index in [2.05, 4.69) is 5.32 Å². The lowest BCUT2D eigenvalue weighted by molar-refractivity contribution is -0.138. The number of esters is 1. The maximum atomic E-state index is 11.3. The summed E-state index contributed by atoms with van der Waals surface area (Å²) in [4.78, 5) is 11.3. The maximum Gasteiger partial charge on any atom is 0.350 e. The van der Waals surface area contributed by atoms with Crippen LogP contribution in [0.15, 0.2) is 36.0 Å². The van der Waals surface area contributed by atoms with Gasteiger partial charge < -0.3 is 10.1 Å². The lowest BCUT2D eigenvalue weighted by atomic mass is 10.1. The van der Waals surface area contributed by atoms with Gasteiger partial charge in [-0.15, -0.1) is 0 Å². The minimum atomic E-state index is -0.607. The van der Waals surface area contributed by atoms with Crippen LogP contribution >= 0.6 is 11.6 Å². The number of nitriles is 1. The lowest BCUT2D eigenvalue weighted by Crippen LogP contribution is -2.14. The Morgan fingerprint density at radius 3 is 2.74 bits per heavy atom. The monoisotopic (exact) mass is 278 g/mol. The van der Waals surface area contributed by atoms with Crippen molar-refractivity contribution in [1.29, 1.82) is 5.26 Å². The summed E-state index contributed by atoms with van der Waals surface area (Å²) in [6.45, 7) is 2.57. The molecule has 1 rings (SSSR count). The molecule has 1 aromatic rings. The van der Waals surface area contributed by atoms with Gasteiger partial charge in [0.2, 0.25) is 0 Å². The average Bonchev–Trinajstić information content (AvgIpc) is 2.41. The van der Waals surface area contributed by atoms with E-state index in [9.17, 15) is 4.79 Å². The van der Waals surface area contributed by atoms with Crippen molar-refractivity contribution < 1.29 is 9.53 Å². The Bertz CT molecular complexity index is 489. The fourth-order valence-corrected chi connectivity index (χ4v) is 1.51. The summed E-state index contributed by atoms with van der Waals surface area (Å²) in [5.41, 5.74) is 1.10. The van der Waals surface area contributed by atoms with Gasteiger partial charge in [-0.25, -0.2) is 4.79 Å². The SMILES string of the molecule is CCOC(=O)/C(C#N)=C/NCCc1ccc(Cl)cc1. The van der Waals surface area contributed by atoms with Crippen LogP contribution in [0, 0.1) is 11.3 Å². The lowest BCUT2D eigenvalue weighted by Gasteiger charge is -2.03. The second kappa shape index (κ2) is 8.17. The molecule has 0 aromatic heterocycles. The number of nitrogens with zero attached hydrogens (tertiary/aromatic N) is 1. The molecule has 0 radical (unpaired) electrons. The minimum Gasteiger partial charge on any atom is -0.462 e. The molecule has 0 heterocycles. The van der Waals surface area contributed by atoms with Gasteiger partial charge in [0.15, 0.2) is 5.57 Å². The van der Waals surface area contributed by atoms with E-state index in [4.69, 9.17) is 21.6 Å². The molecule has 0 fully saturated rings. The van der Waals surface area contributed by atoms with E-state index in [1.165, 1.54) is 6.20 Å². The number of ether oxygens (including phenoxy) is 1. The zero-order valence-corrected chi connectivity index (χ0v) is 11.4. The molecular formula is C14H15ClN2O2. The third-order valence-corrected chi connectivity index (χ3v) is 2.59. The van der Waals surface area contributed by atoms with E-state index in [-0.39, 0.29) is 12.2 Å². The van der Waals surface area contributed by atoms with Gasteiger partial charge in [0.05, 0.1) is 6.61 Å². The summed E-state index contributed by atoms with van der Waals surface area (Å²) in [5.74, 6) is -0.607. The van der Waals surface area contributed by atoms with Crippen molar-refractivity contribution >= 4 is 17.6 Å². The largest absolute Gasteiger partial charge is 0.462 e. The Labute approximate surface area is 117 Å². The zero-order chi connectivity index (χ0) is 14.1. The van der Waals surface area contributed by atoms with Crippen LogP contribution in [0.1, 0.15) is 12.5 Å². The van der Waals surface area contributed by atoms with Gasteiger partial charge in [-0.3, -0.25) is 0 Å². The molecule has 0 unspecified atom stereocenters. The fourth-order valence-electron chi connectivity index (χ4n) is 1.39. The van der Waals surface area contributed by atoms with E-state index < -0.39 is 5.97 Å². The first-order chi connectivity index (χ1) is 9.17. The second-order valence-corrected chi connectivity index (χ2v) is 4.16. The predicted molar refractivity (Wildman–Crippen MR) is 73.5 cm³/mol. The third kappa shape index (κ3) is 5.45. The second-order valence-electron chi connectivity index (χ2n) is 3.72. The highest BCUT2D eigenvalue weighted by molar-refractivity contribution is 6.30. The number of hydrogen-bond acceptors (Lipinski definition) is 4. The first kappa shape index (κ1) is 15.1. The number of nitrogens with one attached hydrogen (secondary N) is 1. The highest BCUT2D eigenvalue weighted by Gasteiger charge is 2.08. The zero-order valence-electron chi connectivity index (χ0n) is 10.6. The number of carbonyl (C=O) groups is 1. The highest BCUT2D eigenvalue weighted by Crippen LogP contribution is 2.09. The van der Waals surface area contributed by atoms with Crippen LogP contribution in [0.4, 0.5) is 0 Å². The van der Waals surface area contributed by atoms with Crippen molar-refractivity contribution in [2.24, 2.45) is 0 Å². The fraction of sp³-hybridized carbons (Fsp3) is 0.286. The molecule has 0 saturated heterocycles. The van der Waals surface area contributed by atoms with Crippen LogP contribution in [0.5, 0.6) is 0 Å². The topological polar surface area (TPSA) is 62.1 Å². The van der Waals surface area contributed by atoms with Crippen LogP contribution in [0.2, 0.25) is 5.02 Å². The Kier molecular flexibility index (Phi) is 6.48. The Morgan fingerprint density at radius 1 is 1.47 bits per heavy atom. The molecular weight excluding hydrogens is 264 g/mol. The minimum absolute atomic E-state index is 0.0297. The highest BCUT2D eigenvalue weighted by atomic mass is 35.5. The molecule has 0 bridgehead atoms. The van der Waals surface area contributed by atoms with E-state index in [0.717, 1.165) is 12.0 Å². The number of rotatable bonds is 6. The van der Waals surface area contributed by atoms with Crippen LogP contribution < -0.4 is 5.32 Å². The van der Waals surface area contributed by atoms with Crippen molar-refractivity contribution in [2.75, 3.05) is 13.2 Å². The van der Waals surface area contributed by atoms with Gasteiger partial charge in [0, 0.05) is 17.8 Å². The molecule has 100 valence electrons. The van der Waals surface area contributed by atoms with Crippen molar-refractivity contribution in [3.05, 3.63) is 46.6 Å². The quantitative estimate of drug-likeness (QED) is 0.376. The van der Waals surface area contributed by atoms with Gasteiger partial charge in [-0.2, -0.15) is 5.26 Å². The molecule has 1 aromatic carbocycles. The van der Waals surface area contributed by atoms with E-state index >= 15 is 0 Å². The summed E-state index contributed by atoms with van der Waals surface area (Å²) in [7, 11) is 0. The van der Waals surface area contributed by atoms with Crippen molar-refractivity contribution in [3.63, 3.8) is 0 Å². The van der Waals surface area contributed by atoms with Crippen molar-refractivity contribution in [1.82, 2.24) is 5.32 Å². The summed E-state index contributed by atoms with van der Waals surface area (Å²) < 4.78 is 4.74. The smallest absolute Gasteiger partial charge is 0.350 e. The standard InChI is InChI=1S/C14H15ClN2O2/c1-2-19-14(18)12(9-16)10-17-8-7-11-3-5-13(15)6-4-11/h3-6,10,17H,2,7-8H2,1H3/b12-10+. The molecule has 19 heavy (non-hydrogen) atoms. The van der Waals surface area contributed by atoms with Crippen molar-refractivity contribution in [3.8, 4) is 6.07 Å². The summed E-state index contributed by atoms with van der Waals surface area (Å²) >= 11 is 5.79. The Morgan fingerprint density at radius 2 is 2.16 bits per heavy atom. The Hall–Kier alpha value is -1.99. The molecule has 0 aliphatic rings. The van der Waals surface area contributed by atoms with Gasteiger partial charge in [-0.05, 0) is 31.0 Å². The molecule has 4 nitrogen and oxygen atoms in total. The molecule has 0 spiro atoms. The van der Waals surface area contributed by atoms with E-state index in [0.29, 0.717) is 11.6 Å². The first-order valence-electron chi connectivity index (χ1n) is 5.92. The van der Waals surface area contributed by atoms with Gasteiger partial charge >= 0.3 is 5.97 Å². The van der Waals surface area contributed by atoms with Crippen LogP contribution in [0.25, 0.3) is 0 Å². The normalized spacial score (nSPS) is 10.7. The average molecular weight is 279 g/mol. The predicted octanol–water partition coefficient (Wildman–Crippen LogP) is 2.44. The van der Waals surface area contributed by atoms with E-state index in [1.54, 1.807) is 13.0 Å². The molecule has 1 N–H and O–H groups in total. The van der Waals surface area contributed by atoms with E-state index in [1.807, 2.05) is 24.3 Å². The Balaban J connectivity index is 2.42. The molecule has 0 aliphatic heterocycles. The molecule has 0 aliphatic carbocycles. The third-order valence-electron chi connectivity index (χ3n) is 2.33. The van der Waals surface area contributed by atoms with Crippen LogP contribution in [-0.2, 0) is 16.0 Å². The summed E-state index contributed by atoms with van der Waals surface area (Å²) in [6, 6.07) is 9.32. The van der Waals surface area contributed by atoms with Gasteiger partial charge in [-0.1, -0.05) is 23.7 Å². The summed E-state index contributed by atoms with van der Waals surface area (Å²) in [6.07, 6.45) is 2.16.